The average Bonchev–Trinajstić information content (AvgIpc) is 2.62. The van der Waals surface area contributed by atoms with E-state index < -0.39 is 5.60 Å². The molecule has 1 N–H and O–H groups in total. The zero-order chi connectivity index (χ0) is 16.1. The van der Waals surface area contributed by atoms with Crippen molar-refractivity contribution in [3.05, 3.63) is 48.5 Å². The molecule has 124 valence electrons. The first-order valence-corrected chi connectivity index (χ1v) is 9.63. The van der Waals surface area contributed by atoms with Crippen molar-refractivity contribution in [2.24, 2.45) is 5.92 Å². The molecule has 2 aromatic rings. The van der Waals surface area contributed by atoms with Gasteiger partial charge in [0.2, 0.25) is 0 Å². The molecule has 2 bridgehead atoms. The molecule has 2 aromatic carbocycles. The molecular formula is C20H22N2OS. The second kappa shape index (κ2) is 5.51. The van der Waals surface area contributed by atoms with Crippen LogP contribution in [0.2, 0.25) is 0 Å². The van der Waals surface area contributed by atoms with Gasteiger partial charge in [-0.05, 0) is 56.1 Å². The molecule has 0 amide bonds. The van der Waals surface area contributed by atoms with Crippen molar-refractivity contribution in [1.82, 2.24) is 4.90 Å². The van der Waals surface area contributed by atoms with Gasteiger partial charge in [0, 0.05) is 16.3 Å². The Morgan fingerprint density at radius 1 is 0.958 bits per heavy atom. The Kier molecular flexibility index (Phi) is 3.40. The molecule has 4 heterocycles. The predicted octanol–water partition coefficient (Wildman–Crippen LogP) is 3.75. The van der Waals surface area contributed by atoms with Gasteiger partial charge in [-0.2, -0.15) is 0 Å². The highest BCUT2D eigenvalue weighted by molar-refractivity contribution is 7.99. The molecule has 24 heavy (non-hydrogen) atoms. The summed E-state index contributed by atoms with van der Waals surface area (Å²) < 4.78 is 0. The van der Waals surface area contributed by atoms with Crippen LogP contribution in [0.3, 0.4) is 0 Å². The van der Waals surface area contributed by atoms with Crippen LogP contribution in [-0.2, 0) is 0 Å². The van der Waals surface area contributed by atoms with Gasteiger partial charge in [-0.1, -0.05) is 36.0 Å². The first kappa shape index (κ1) is 14.8. The zero-order valence-electron chi connectivity index (χ0n) is 13.7. The molecule has 3 fully saturated rings. The van der Waals surface area contributed by atoms with Gasteiger partial charge in [0.15, 0.2) is 0 Å². The Hall–Kier alpha value is -1.49. The Morgan fingerprint density at radius 3 is 2.08 bits per heavy atom. The van der Waals surface area contributed by atoms with Crippen LogP contribution in [0.25, 0.3) is 0 Å². The van der Waals surface area contributed by atoms with Crippen molar-refractivity contribution in [3.63, 3.8) is 0 Å². The number of anilines is 2. The molecule has 0 unspecified atom stereocenters. The van der Waals surface area contributed by atoms with Gasteiger partial charge in [0.25, 0.3) is 0 Å². The highest BCUT2D eigenvalue weighted by atomic mass is 32.2. The van der Waals surface area contributed by atoms with E-state index in [4.69, 9.17) is 0 Å². The summed E-state index contributed by atoms with van der Waals surface area (Å²) in [6.45, 7) is 3.79. The van der Waals surface area contributed by atoms with E-state index in [1.807, 2.05) is 11.8 Å². The number of β-amino-alcohol motifs (C(OH)–C–C–N with tert-alkyl or cyclic N) is 1. The molecule has 6 rings (SSSR count). The smallest absolute Gasteiger partial charge is 0.0980 e. The van der Waals surface area contributed by atoms with Gasteiger partial charge in [-0.25, -0.2) is 0 Å². The molecule has 0 saturated carbocycles. The van der Waals surface area contributed by atoms with Gasteiger partial charge in [0.1, 0.15) is 0 Å². The maximum atomic E-state index is 11.5. The second-order valence-corrected chi connectivity index (χ2v) is 8.36. The van der Waals surface area contributed by atoms with Crippen LogP contribution < -0.4 is 4.90 Å². The topological polar surface area (TPSA) is 26.7 Å². The van der Waals surface area contributed by atoms with E-state index in [1.54, 1.807) is 0 Å². The predicted molar refractivity (Wildman–Crippen MR) is 98.1 cm³/mol. The minimum absolute atomic E-state index is 0.427. The van der Waals surface area contributed by atoms with E-state index in [0.717, 1.165) is 32.5 Å². The molecule has 0 spiro atoms. The highest BCUT2D eigenvalue weighted by Gasteiger charge is 2.47. The first-order valence-electron chi connectivity index (χ1n) is 8.81. The Balaban J connectivity index is 1.56. The fraction of sp³-hybridized carbons (Fsp3) is 0.400. The number of fused-ring (bicyclic) bond motifs is 5. The number of benzene rings is 2. The van der Waals surface area contributed by atoms with Crippen molar-refractivity contribution in [2.75, 3.05) is 31.1 Å². The van der Waals surface area contributed by atoms with E-state index in [0.29, 0.717) is 12.5 Å². The van der Waals surface area contributed by atoms with Crippen LogP contribution in [0.15, 0.2) is 58.3 Å². The number of nitrogens with zero attached hydrogens (tertiary/aromatic N) is 2. The maximum absolute atomic E-state index is 11.5. The van der Waals surface area contributed by atoms with Crippen LogP contribution >= 0.6 is 11.8 Å². The lowest BCUT2D eigenvalue weighted by atomic mass is 9.75. The second-order valence-electron chi connectivity index (χ2n) is 7.28. The van der Waals surface area contributed by atoms with Crippen molar-refractivity contribution in [3.8, 4) is 0 Å². The summed E-state index contributed by atoms with van der Waals surface area (Å²) in [6, 6.07) is 17.1. The number of piperidine rings is 3. The summed E-state index contributed by atoms with van der Waals surface area (Å²) >= 11 is 1.83. The highest BCUT2D eigenvalue weighted by Crippen LogP contribution is 2.49. The van der Waals surface area contributed by atoms with Gasteiger partial charge >= 0.3 is 0 Å². The monoisotopic (exact) mass is 338 g/mol. The first-order chi connectivity index (χ1) is 11.7. The molecule has 1 atom stereocenters. The number of para-hydroxylation sites is 2. The third-order valence-corrected chi connectivity index (χ3v) is 6.94. The minimum atomic E-state index is -0.612. The van der Waals surface area contributed by atoms with Crippen molar-refractivity contribution >= 4 is 23.1 Å². The SMILES string of the molecule is O[C@@]1(CN2c3ccccc3Sc3ccccc32)CN2CCC1CC2. The minimum Gasteiger partial charge on any atom is -0.386 e. The maximum Gasteiger partial charge on any atom is 0.0980 e. The lowest BCUT2D eigenvalue weighted by Gasteiger charge is -2.52. The number of aliphatic hydroxyl groups is 1. The van der Waals surface area contributed by atoms with E-state index in [2.05, 4.69) is 58.3 Å². The third-order valence-electron chi connectivity index (χ3n) is 5.81. The summed E-state index contributed by atoms with van der Waals surface area (Å²) in [5.74, 6) is 0.427. The van der Waals surface area contributed by atoms with Crippen LogP contribution in [0.1, 0.15) is 12.8 Å². The molecule has 4 aliphatic rings. The van der Waals surface area contributed by atoms with E-state index in [9.17, 15) is 5.11 Å². The molecule has 0 aliphatic carbocycles. The zero-order valence-corrected chi connectivity index (χ0v) is 14.5. The van der Waals surface area contributed by atoms with Gasteiger partial charge in [-0.3, -0.25) is 0 Å². The summed E-state index contributed by atoms with van der Waals surface area (Å²) in [5.41, 5.74) is 1.84. The van der Waals surface area contributed by atoms with Gasteiger partial charge < -0.3 is 14.9 Å². The Bertz CT molecular complexity index is 726. The fourth-order valence-electron chi connectivity index (χ4n) is 4.55. The van der Waals surface area contributed by atoms with Gasteiger partial charge in [0.05, 0.1) is 23.5 Å². The molecule has 0 radical (unpaired) electrons. The fourth-order valence-corrected chi connectivity index (χ4v) is 5.64. The molecule has 4 heteroatoms. The Labute approximate surface area is 147 Å². The van der Waals surface area contributed by atoms with Crippen LogP contribution in [0, 0.1) is 5.92 Å². The van der Waals surface area contributed by atoms with E-state index in [-0.39, 0.29) is 0 Å². The van der Waals surface area contributed by atoms with Crippen molar-refractivity contribution < 1.29 is 5.11 Å². The van der Waals surface area contributed by atoms with E-state index in [1.165, 1.54) is 21.2 Å². The number of rotatable bonds is 2. The average molecular weight is 338 g/mol. The molecule has 0 aromatic heterocycles. The number of hydrogen-bond acceptors (Lipinski definition) is 4. The third kappa shape index (κ3) is 2.28. The van der Waals surface area contributed by atoms with Crippen molar-refractivity contribution in [2.45, 2.75) is 28.2 Å². The summed E-state index contributed by atoms with van der Waals surface area (Å²) in [5, 5.41) is 11.5. The lowest BCUT2D eigenvalue weighted by Crippen LogP contribution is -2.63. The van der Waals surface area contributed by atoms with Crippen LogP contribution in [0.4, 0.5) is 11.4 Å². The molecule has 3 saturated heterocycles. The lowest BCUT2D eigenvalue weighted by molar-refractivity contribution is -0.104. The summed E-state index contributed by atoms with van der Waals surface area (Å²) in [7, 11) is 0. The molecule has 4 aliphatic heterocycles. The Morgan fingerprint density at radius 2 is 1.54 bits per heavy atom. The van der Waals surface area contributed by atoms with Gasteiger partial charge in [-0.15, -0.1) is 0 Å². The largest absolute Gasteiger partial charge is 0.386 e. The summed E-state index contributed by atoms with van der Waals surface area (Å²) in [6.07, 6.45) is 2.25. The van der Waals surface area contributed by atoms with Crippen molar-refractivity contribution in [1.29, 1.82) is 0 Å². The van der Waals surface area contributed by atoms with Crippen LogP contribution in [-0.4, -0.2) is 41.8 Å². The normalized spacial score (nSPS) is 30.8. The summed E-state index contributed by atoms with van der Waals surface area (Å²) in [4.78, 5) is 7.33. The van der Waals surface area contributed by atoms with E-state index >= 15 is 0 Å². The molecular weight excluding hydrogens is 316 g/mol. The quantitative estimate of drug-likeness (QED) is 0.902. The standard InChI is InChI=1S/C20H22N2OS/c23-20(13-21-11-9-15(20)10-12-21)14-22-16-5-1-3-7-18(16)24-19-8-4-2-6-17(19)22/h1-8,15,23H,9-14H2/t20-/m1/s1. The van der Waals surface area contributed by atoms with Crippen LogP contribution in [0.5, 0.6) is 0 Å². The number of hydrogen-bond donors (Lipinski definition) is 1. The molecule has 3 nitrogen and oxygen atoms in total.